The quantitative estimate of drug-likeness (QED) is 0.575. The summed E-state index contributed by atoms with van der Waals surface area (Å²) in [5.74, 6) is 0.796. The van der Waals surface area contributed by atoms with Gasteiger partial charge in [0.15, 0.2) is 22.3 Å². The van der Waals surface area contributed by atoms with Crippen LogP contribution in [0.3, 0.4) is 0 Å². The first kappa shape index (κ1) is 23.5. The molecule has 0 amide bonds. The van der Waals surface area contributed by atoms with Gasteiger partial charge in [0.25, 0.3) is 0 Å². The van der Waals surface area contributed by atoms with Crippen LogP contribution in [0.1, 0.15) is 12.6 Å². The summed E-state index contributed by atoms with van der Waals surface area (Å²) in [6.45, 7) is 20.5. The standard InChI is InChI=1S/C19H37N5O3Si3/c1-28(2,3)23-18-17-19(21-12-20-18)24(13-22-17)16-10-14(27-30(7,8)9)15(26-16)11-25-29(4,5)6/h12-16H,10-11H2,1-9H3,(H,20,21,23). The van der Waals surface area contributed by atoms with Crippen molar-refractivity contribution in [3.63, 3.8) is 0 Å². The molecule has 2 aromatic heterocycles. The third-order valence-corrected chi connectivity index (χ3v) is 7.56. The van der Waals surface area contributed by atoms with Crippen LogP contribution in [0.2, 0.25) is 58.9 Å². The van der Waals surface area contributed by atoms with E-state index in [0.29, 0.717) is 6.61 Å². The second-order valence-electron chi connectivity index (χ2n) is 11.0. The van der Waals surface area contributed by atoms with Gasteiger partial charge in [-0.25, -0.2) is 15.0 Å². The van der Waals surface area contributed by atoms with E-state index in [1.54, 1.807) is 6.33 Å². The molecule has 3 heterocycles. The van der Waals surface area contributed by atoms with Crippen molar-refractivity contribution < 1.29 is 13.6 Å². The smallest absolute Gasteiger partial charge is 0.184 e. The zero-order valence-electron chi connectivity index (χ0n) is 19.8. The van der Waals surface area contributed by atoms with E-state index in [4.69, 9.17) is 13.6 Å². The maximum atomic E-state index is 6.48. The molecule has 0 aliphatic carbocycles. The summed E-state index contributed by atoms with van der Waals surface area (Å²) in [5, 5.41) is 0. The van der Waals surface area contributed by atoms with E-state index >= 15 is 0 Å². The van der Waals surface area contributed by atoms with Crippen LogP contribution >= 0.6 is 0 Å². The molecular formula is C19H37N5O3Si3. The minimum Gasteiger partial charge on any atom is -0.415 e. The van der Waals surface area contributed by atoms with Crippen LogP contribution in [0, 0.1) is 0 Å². The van der Waals surface area contributed by atoms with Gasteiger partial charge in [-0.05, 0) is 39.3 Å². The number of imidazole rings is 1. The van der Waals surface area contributed by atoms with Gasteiger partial charge in [0.2, 0.25) is 0 Å². The van der Waals surface area contributed by atoms with E-state index in [9.17, 15) is 0 Å². The lowest BCUT2D eigenvalue weighted by Gasteiger charge is -2.28. The normalized spacial score (nSPS) is 23.3. The average Bonchev–Trinajstić information content (AvgIpc) is 3.14. The highest BCUT2D eigenvalue weighted by molar-refractivity contribution is 6.79. The molecule has 0 saturated carbocycles. The lowest BCUT2D eigenvalue weighted by molar-refractivity contribution is -0.0367. The maximum Gasteiger partial charge on any atom is 0.184 e. The topological polar surface area (TPSA) is 83.3 Å². The first-order valence-corrected chi connectivity index (χ1v) is 21.0. The molecule has 8 nitrogen and oxygen atoms in total. The molecule has 3 rings (SSSR count). The van der Waals surface area contributed by atoms with Crippen LogP contribution in [0.5, 0.6) is 0 Å². The van der Waals surface area contributed by atoms with E-state index in [-0.39, 0.29) is 18.4 Å². The van der Waals surface area contributed by atoms with Gasteiger partial charge >= 0.3 is 0 Å². The molecule has 0 radical (unpaired) electrons. The Bertz CT molecular complexity index is 873. The zero-order chi connectivity index (χ0) is 22.3. The van der Waals surface area contributed by atoms with Crippen LogP contribution in [0.4, 0.5) is 5.82 Å². The van der Waals surface area contributed by atoms with Crippen molar-refractivity contribution in [1.29, 1.82) is 0 Å². The number of hydrogen-bond donors (Lipinski definition) is 1. The Labute approximate surface area is 183 Å². The van der Waals surface area contributed by atoms with Crippen molar-refractivity contribution in [2.45, 2.75) is 83.8 Å². The molecule has 0 aromatic carbocycles. The summed E-state index contributed by atoms with van der Waals surface area (Å²) in [6.07, 6.45) is 3.91. The lowest BCUT2D eigenvalue weighted by atomic mass is 10.2. The van der Waals surface area contributed by atoms with Crippen molar-refractivity contribution in [3.8, 4) is 0 Å². The molecule has 1 fully saturated rings. The van der Waals surface area contributed by atoms with E-state index in [1.165, 1.54) is 0 Å². The Morgan fingerprint density at radius 2 is 1.73 bits per heavy atom. The molecular weight excluding hydrogens is 430 g/mol. The minimum absolute atomic E-state index is 0.0110. The van der Waals surface area contributed by atoms with Crippen molar-refractivity contribution in [2.24, 2.45) is 0 Å². The molecule has 3 atom stereocenters. The second kappa shape index (κ2) is 8.43. The van der Waals surface area contributed by atoms with Gasteiger partial charge in [0.05, 0.1) is 19.0 Å². The molecule has 1 aliphatic rings. The van der Waals surface area contributed by atoms with E-state index < -0.39 is 24.9 Å². The highest BCUT2D eigenvalue weighted by Gasteiger charge is 2.40. The van der Waals surface area contributed by atoms with Crippen LogP contribution < -0.4 is 4.98 Å². The van der Waals surface area contributed by atoms with Crippen molar-refractivity contribution in [2.75, 3.05) is 11.6 Å². The first-order chi connectivity index (χ1) is 13.7. The predicted octanol–water partition coefficient (Wildman–Crippen LogP) is 4.43. The summed E-state index contributed by atoms with van der Waals surface area (Å²) < 4.78 is 21.1. The molecule has 3 unspecified atom stereocenters. The summed E-state index contributed by atoms with van der Waals surface area (Å²) in [7, 11) is -4.93. The molecule has 1 N–H and O–H groups in total. The summed E-state index contributed by atoms with van der Waals surface area (Å²) in [6, 6.07) is 0. The largest absolute Gasteiger partial charge is 0.415 e. The molecule has 0 spiro atoms. The van der Waals surface area contributed by atoms with Gasteiger partial charge in [-0.15, -0.1) is 0 Å². The Kier molecular flexibility index (Phi) is 6.62. The molecule has 11 heteroatoms. The van der Waals surface area contributed by atoms with Gasteiger partial charge in [-0.2, -0.15) is 0 Å². The number of hydrogen-bond acceptors (Lipinski definition) is 7. The zero-order valence-corrected chi connectivity index (χ0v) is 22.8. The lowest BCUT2D eigenvalue weighted by Crippen LogP contribution is -2.40. The van der Waals surface area contributed by atoms with Gasteiger partial charge in [0.1, 0.15) is 38.2 Å². The number of aromatic nitrogens is 4. The molecule has 0 bridgehead atoms. The fourth-order valence-corrected chi connectivity index (χ4v) is 6.15. The average molecular weight is 468 g/mol. The van der Waals surface area contributed by atoms with E-state index in [0.717, 1.165) is 23.4 Å². The van der Waals surface area contributed by atoms with Crippen molar-refractivity contribution in [1.82, 2.24) is 19.5 Å². The van der Waals surface area contributed by atoms with Crippen molar-refractivity contribution in [3.05, 3.63) is 12.7 Å². The van der Waals surface area contributed by atoms with Crippen LogP contribution in [0.15, 0.2) is 12.7 Å². The number of nitrogens with zero attached hydrogens (tertiary/aromatic N) is 4. The Morgan fingerprint density at radius 1 is 1.03 bits per heavy atom. The number of anilines is 1. The molecule has 168 valence electrons. The van der Waals surface area contributed by atoms with Crippen LogP contribution in [-0.4, -0.2) is 63.2 Å². The number of nitrogens with one attached hydrogen (secondary N) is 1. The number of rotatable bonds is 8. The van der Waals surface area contributed by atoms with Gasteiger partial charge in [-0.1, -0.05) is 19.6 Å². The van der Waals surface area contributed by atoms with E-state index in [1.807, 2.05) is 10.9 Å². The first-order valence-electron chi connectivity index (χ1n) is 10.6. The van der Waals surface area contributed by atoms with Gasteiger partial charge < -0.3 is 18.6 Å². The summed E-state index contributed by atoms with van der Waals surface area (Å²) in [4.78, 5) is 17.1. The van der Waals surface area contributed by atoms with Gasteiger partial charge in [-0.3, -0.25) is 4.57 Å². The Morgan fingerprint density at radius 3 is 2.33 bits per heavy atom. The third kappa shape index (κ3) is 6.20. The molecule has 2 aromatic rings. The van der Waals surface area contributed by atoms with Crippen LogP contribution in [0.25, 0.3) is 11.2 Å². The Hall–Kier alpha value is -1.12. The fraction of sp³-hybridized carbons (Fsp3) is 0.737. The molecule has 30 heavy (non-hydrogen) atoms. The third-order valence-electron chi connectivity index (χ3n) is 4.53. The summed E-state index contributed by atoms with van der Waals surface area (Å²) in [5.41, 5.74) is 1.57. The summed E-state index contributed by atoms with van der Waals surface area (Å²) >= 11 is 0. The maximum absolute atomic E-state index is 6.48. The number of ether oxygens (including phenoxy) is 1. The van der Waals surface area contributed by atoms with Crippen molar-refractivity contribution >= 4 is 41.9 Å². The fourth-order valence-electron chi connectivity index (χ4n) is 3.44. The minimum atomic E-state index is -1.72. The highest BCUT2D eigenvalue weighted by Crippen LogP contribution is 2.35. The second-order valence-corrected chi connectivity index (χ2v) is 24.7. The predicted molar refractivity (Wildman–Crippen MR) is 128 cm³/mol. The monoisotopic (exact) mass is 467 g/mol. The van der Waals surface area contributed by atoms with E-state index in [2.05, 4.69) is 78.9 Å². The number of fused-ring (bicyclic) bond motifs is 1. The highest BCUT2D eigenvalue weighted by atomic mass is 28.4. The molecule has 1 aliphatic heterocycles. The Balaban J connectivity index is 1.86. The SMILES string of the molecule is C[Si](C)(C)Nc1ncnc2c1ncn2C1CC(O[Si](C)(C)C)C(CO[Si](C)(C)C)O1. The molecule has 1 saturated heterocycles. The van der Waals surface area contributed by atoms with Gasteiger partial charge in [0, 0.05) is 6.42 Å². The van der Waals surface area contributed by atoms with Crippen LogP contribution in [-0.2, 0) is 13.6 Å².